The van der Waals surface area contributed by atoms with Gasteiger partial charge in [-0.2, -0.15) is 13.2 Å². The predicted octanol–water partition coefficient (Wildman–Crippen LogP) is 3.38. The Balaban J connectivity index is 1.49. The van der Waals surface area contributed by atoms with Gasteiger partial charge in [-0.25, -0.2) is 22.8 Å². The molecule has 0 bridgehead atoms. The van der Waals surface area contributed by atoms with Crippen LogP contribution in [0.25, 0.3) is 0 Å². The normalized spacial score (nSPS) is 15.9. The number of rotatable bonds is 8. The topological polar surface area (TPSA) is 122 Å². The molecule has 1 saturated heterocycles. The van der Waals surface area contributed by atoms with Gasteiger partial charge in [0.25, 0.3) is 0 Å². The summed E-state index contributed by atoms with van der Waals surface area (Å²) in [6.45, 7) is 3.24. The van der Waals surface area contributed by atoms with Crippen molar-refractivity contribution in [3.63, 3.8) is 0 Å². The lowest BCUT2D eigenvalue weighted by atomic mass is 9.98. The Morgan fingerprint density at radius 1 is 1.07 bits per heavy atom. The minimum Gasteiger partial charge on any atom is -0.353 e. The molecule has 1 aromatic carbocycles. The highest BCUT2D eigenvalue weighted by Crippen LogP contribution is 2.31. The maximum atomic E-state index is 14.6. The molecule has 0 radical (unpaired) electrons. The van der Waals surface area contributed by atoms with Crippen molar-refractivity contribution in [3.05, 3.63) is 82.9 Å². The number of aromatic nitrogens is 2. The Morgan fingerprint density at radius 3 is 2.34 bits per heavy atom. The standard InChI is InChI=1S/C27H30F4N6O3S/c1-17(18-6-8-20(21(28)15-18)24(32)41(2,39)40)26(38)34-16-19-7-9-22(27(29,30)31)35-25(19)37-13-11-36(12-14-37)23-5-3-4-10-33-23/h3-10,15,17,24H,11-14,16,32H2,1-2H3,(H,34,38). The predicted molar refractivity (Wildman–Crippen MR) is 146 cm³/mol. The molecule has 0 spiro atoms. The van der Waals surface area contributed by atoms with Crippen LogP contribution in [0.2, 0.25) is 0 Å². The number of pyridine rings is 2. The van der Waals surface area contributed by atoms with Gasteiger partial charge in [-0.3, -0.25) is 4.79 Å². The van der Waals surface area contributed by atoms with E-state index in [0.717, 1.165) is 24.2 Å². The lowest BCUT2D eigenvalue weighted by Gasteiger charge is -2.37. The molecule has 220 valence electrons. The van der Waals surface area contributed by atoms with Crippen LogP contribution in [0, 0.1) is 5.82 Å². The molecule has 2 aromatic heterocycles. The zero-order chi connectivity index (χ0) is 29.9. The van der Waals surface area contributed by atoms with Crippen molar-refractivity contribution in [2.45, 2.75) is 30.9 Å². The fraction of sp³-hybridized carbons (Fsp3) is 0.370. The lowest BCUT2D eigenvalue weighted by Crippen LogP contribution is -2.47. The van der Waals surface area contributed by atoms with Crippen LogP contribution in [0.4, 0.5) is 29.2 Å². The Bertz CT molecular complexity index is 1500. The number of carbonyl (C=O) groups excluding carboxylic acids is 1. The number of benzene rings is 1. The SMILES string of the molecule is CC(C(=O)NCc1ccc(C(F)(F)F)nc1N1CCN(c2ccccn2)CC1)c1ccc(C(N)S(C)(=O)=O)c(F)c1. The molecule has 41 heavy (non-hydrogen) atoms. The molecule has 1 aliphatic heterocycles. The summed E-state index contributed by atoms with van der Waals surface area (Å²) in [6, 6.07) is 11.4. The number of amides is 1. The second-order valence-corrected chi connectivity index (χ2v) is 12.0. The van der Waals surface area contributed by atoms with Gasteiger partial charge >= 0.3 is 6.18 Å². The fourth-order valence-corrected chi connectivity index (χ4v) is 5.15. The number of nitrogens with one attached hydrogen (secondary N) is 1. The molecule has 3 aromatic rings. The molecule has 0 saturated carbocycles. The molecule has 14 heteroatoms. The van der Waals surface area contributed by atoms with Gasteiger partial charge in [0.2, 0.25) is 5.91 Å². The highest BCUT2D eigenvalue weighted by atomic mass is 32.2. The van der Waals surface area contributed by atoms with Crippen LogP contribution < -0.4 is 20.9 Å². The van der Waals surface area contributed by atoms with Crippen molar-refractivity contribution in [1.29, 1.82) is 0 Å². The summed E-state index contributed by atoms with van der Waals surface area (Å²) in [5.74, 6) is -1.32. The molecule has 1 amide bonds. The van der Waals surface area contributed by atoms with Crippen LogP contribution in [0.5, 0.6) is 0 Å². The second kappa shape index (κ2) is 12.0. The summed E-state index contributed by atoms with van der Waals surface area (Å²) in [6.07, 6.45) is -2.08. The van der Waals surface area contributed by atoms with Crippen molar-refractivity contribution in [3.8, 4) is 0 Å². The molecule has 9 nitrogen and oxygen atoms in total. The van der Waals surface area contributed by atoms with Crippen molar-refractivity contribution in [2.75, 3.05) is 42.2 Å². The number of nitrogens with two attached hydrogens (primary N) is 1. The average molecular weight is 595 g/mol. The Morgan fingerprint density at radius 2 is 1.76 bits per heavy atom. The summed E-state index contributed by atoms with van der Waals surface area (Å²) < 4.78 is 78.5. The first-order chi connectivity index (χ1) is 19.3. The van der Waals surface area contributed by atoms with E-state index in [-0.39, 0.29) is 23.5 Å². The molecule has 3 N–H and O–H groups in total. The molecule has 3 heterocycles. The van der Waals surface area contributed by atoms with Gasteiger partial charge < -0.3 is 20.9 Å². The van der Waals surface area contributed by atoms with Crippen LogP contribution >= 0.6 is 0 Å². The van der Waals surface area contributed by atoms with Crippen molar-refractivity contribution >= 4 is 27.4 Å². The van der Waals surface area contributed by atoms with E-state index in [0.29, 0.717) is 31.7 Å². The molecule has 1 aliphatic rings. The summed E-state index contributed by atoms with van der Waals surface area (Å²) >= 11 is 0. The molecule has 0 aliphatic carbocycles. The van der Waals surface area contributed by atoms with Crippen molar-refractivity contribution in [2.24, 2.45) is 5.73 Å². The van der Waals surface area contributed by atoms with Gasteiger partial charge in [0, 0.05) is 56.3 Å². The maximum absolute atomic E-state index is 14.6. The van der Waals surface area contributed by atoms with Gasteiger partial charge in [-0.15, -0.1) is 0 Å². The third kappa shape index (κ3) is 7.11. The van der Waals surface area contributed by atoms with Crippen LogP contribution in [-0.4, -0.2) is 56.7 Å². The number of sulfone groups is 1. The third-order valence-corrected chi connectivity index (χ3v) is 8.11. The highest BCUT2D eigenvalue weighted by molar-refractivity contribution is 7.90. The van der Waals surface area contributed by atoms with Crippen LogP contribution in [-0.2, 0) is 27.4 Å². The van der Waals surface area contributed by atoms with Crippen molar-refractivity contribution < 1.29 is 30.8 Å². The number of hydrogen-bond acceptors (Lipinski definition) is 8. The first kappa shape index (κ1) is 30.2. The van der Waals surface area contributed by atoms with E-state index >= 15 is 0 Å². The van der Waals surface area contributed by atoms with E-state index in [4.69, 9.17) is 5.73 Å². The molecule has 2 unspecified atom stereocenters. The van der Waals surface area contributed by atoms with Gasteiger partial charge in [0.15, 0.2) is 9.84 Å². The van der Waals surface area contributed by atoms with Crippen molar-refractivity contribution in [1.82, 2.24) is 15.3 Å². The highest BCUT2D eigenvalue weighted by Gasteiger charge is 2.34. The summed E-state index contributed by atoms with van der Waals surface area (Å²) in [5, 5.41) is 1.16. The van der Waals surface area contributed by atoms with E-state index < -0.39 is 44.7 Å². The number of halogens is 4. The minimum absolute atomic E-state index is 0.108. The van der Waals surface area contributed by atoms with Gasteiger partial charge in [0.1, 0.15) is 28.5 Å². The first-order valence-corrected chi connectivity index (χ1v) is 14.7. The van der Waals surface area contributed by atoms with E-state index in [1.807, 2.05) is 17.0 Å². The summed E-state index contributed by atoms with van der Waals surface area (Å²) in [4.78, 5) is 24.9. The number of carbonyl (C=O) groups is 1. The zero-order valence-electron chi connectivity index (χ0n) is 22.4. The minimum atomic E-state index is -4.64. The van der Waals surface area contributed by atoms with Crippen LogP contribution in [0.3, 0.4) is 0 Å². The van der Waals surface area contributed by atoms with Gasteiger partial charge in [-0.05, 0) is 36.8 Å². The lowest BCUT2D eigenvalue weighted by molar-refractivity contribution is -0.141. The van der Waals surface area contributed by atoms with Crippen LogP contribution in [0.15, 0.2) is 54.7 Å². The zero-order valence-corrected chi connectivity index (χ0v) is 23.2. The molecule has 2 atom stereocenters. The number of piperazine rings is 1. The quantitative estimate of drug-likeness (QED) is 0.381. The third-order valence-electron chi connectivity index (χ3n) is 6.94. The average Bonchev–Trinajstić information content (AvgIpc) is 2.94. The van der Waals surface area contributed by atoms with Crippen LogP contribution in [0.1, 0.15) is 40.6 Å². The monoisotopic (exact) mass is 594 g/mol. The Kier molecular flexibility index (Phi) is 8.83. The molecular formula is C27H30F4N6O3S. The summed E-state index contributed by atoms with van der Waals surface area (Å²) in [5.41, 5.74) is 5.05. The van der Waals surface area contributed by atoms with E-state index in [1.54, 1.807) is 17.2 Å². The smallest absolute Gasteiger partial charge is 0.353 e. The fourth-order valence-electron chi connectivity index (χ4n) is 4.50. The maximum Gasteiger partial charge on any atom is 0.433 e. The van der Waals surface area contributed by atoms with E-state index in [2.05, 4.69) is 15.3 Å². The molecule has 1 fully saturated rings. The molecular weight excluding hydrogens is 564 g/mol. The summed E-state index contributed by atoms with van der Waals surface area (Å²) in [7, 11) is -3.74. The number of anilines is 2. The van der Waals surface area contributed by atoms with E-state index in [9.17, 15) is 30.8 Å². The number of hydrogen-bond donors (Lipinski definition) is 2. The Labute approximate surface area is 235 Å². The van der Waals surface area contributed by atoms with Gasteiger partial charge in [-0.1, -0.05) is 24.3 Å². The Hall–Kier alpha value is -3.78. The largest absolute Gasteiger partial charge is 0.433 e. The van der Waals surface area contributed by atoms with E-state index in [1.165, 1.54) is 25.1 Å². The number of alkyl halides is 3. The molecule has 4 rings (SSSR count). The van der Waals surface area contributed by atoms with Gasteiger partial charge in [0.05, 0.1) is 5.92 Å². The second-order valence-electron chi connectivity index (χ2n) is 9.81. The first-order valence-electron chi connectivity index (χ1n) is 12.7. The number of nitrogens with zero attached hydrogens (tertiary/aromatic N) is 4.